The number of para-hydroxylation sites is 1. The molecule has 1 aromatic carbocycles. The lowest BCUT2D eigenvalue weighted by Crippen LogP contribution is -2.40. The molecule has 19 heavy (non-hydrogen) atoms. The molecule has 2 rings (SSSR count). The zero-order chi connectivity index (χ0) is 13.7. The Bertz CT molecular complexity index is 438. The lowest BCUT2D eigenvalue weighted by Gasteiger charge is -2.38. The number of carbonyl (C=O) groups excluding carboxylic acids is 1. The van der Waals surface area contributed by atoms with Gasteiger partial charge < -0.3 is 10.6 Å². The predicted molar refractivity (Wildman–Crippen MR) is 79.5 cm³/mol. The normalized spacial score (nSPS) is 16.5. The van der Waals surface area contributed by atoms with Crippen LogP contribution in [0.2, 0.25) is 0 Å². The minimum atomic E-state index is 0.0346. The van der Waals surface area contributed by atoms with Crippen LogP contribution < -0.4 is 10.6 Å². The summed E-state index contributed by atoms with van der Waals surface area (Å²) in [6, 6.07) is 7.73. The van der Waals surface area contributed by atoms with Crippen molar-refractivity contribution in [3.05, 3.63) is 29.8 Å². The van der Waals surface area contributed by atoms with Crippen LogP contribution in [0.5, 0.6) is 0 Å². The molecular formula is C16H24N2O. The van der Waals surface area contributed by atoms with Gasteiger partial charge >= 0.3 is 0 Å². The van der Waals surface area contributed by atoms with E-state index in [9.17, 15) is 4.79 Å². The molecule has 0 aliphatic heterocycles. The van der Waals surface area contributed by atoms with E-state index >= 15 is 0 Å². The molecule has 0 spiro atoms. The summed E-state index contributed by atoms with van der Waals surface area (Å²) >= 11 is 0. The lowest BCUT2D eigenvalue weighted by molar-refractivity contribution is 0.0891. The largest absolute Gasteiger partial charge is 0.384 e. The van der Waals surface area contributed by atoms with Gasteiger partial charge in [0.1, 0.15) is 0 Å². The monoisotopic (exact) mass is 260 g/mol. The molecular weight excluding hydrogens is 236 g/mol. The Labute approximate surface area is 115 Å². The number of hydrogen-bond donors (Lipinski definition) is 2. The maximum atomic E-state index is 12.3. The summed E-state index contributed by atoms with van der Waals surface area (Å²) < 4.78 is 0. The average molecular weight is 260 g/mol. The molecule has 1 fully saturated rings. The molecule has 0 aromatic heterocycles. The molecule has 0 atom stereocenters. The Kier molecular flexibility index (Phi) is 4.46. The van der Waals surface area contributed by atoms with Crippen LogP contribution in [0.25, 0.3) is 0 Å². The number of anilines is 1. The topological polar surface area (TPSA) is 41.1 Å². The molecule has 0 bridgehead atoms. The summed E-state index contributed by atoms with van der Waals surface area (Å²) in [4.78, 5) is 12.3. The summed E-state index contributed by atoms with van der Waals surface area (Å²) in [7, 11) is 0. The molecule has 1 aromatic rings. The van der Waals surface area contributed by atoms with Crippen molar-refractivity contribution in [1.29, 1.82) is 0 Å². The van der Waals surface area contributed by atoms with Gasteiger partial charge in [-0.05, 0) is 36.8 Å². The van der Waals surface area contributed by atoms with E-state index in [4.69, 9.17) is 0 Å². The smallest absolute Gasteiger partial charge is 0.253 e. The second kappa shape index (κ2) is 6.09. The van der Waals surface area contributed by atoms with Crippen LogP contribution in [0.1, 0.15) is 49.9 Å². The van der Waals surface area contributed by atoms with Gasteiger partial charge in [-0.3, -0.25) is 4.79 Å². The van der Waals surface area contributed by atoms with Gasteiger partial charge in [0.15, 0.2) is 0 Å². The lowest BCUT2D eigenvalue weighted by atomic mass is 9.70. The highest BCUT2D eigenvalue weighted by Gasteiger charge is 2.32. The fourth-order valence-electron chi connectivity index (χ4n) is 2.44. The van der Waals surface area contributed by atoms with Crippen molar-refractivity contribution in [2.24, 2.45) is 5.41 Å². The first-order valence-corrected chi connectivity index (χ1v) is 7.26. The minimum absolute atomic E-state index is 0.0346. The predicted octanol–water partition coefficient (Wildman–Crippen LogP) is 3.43. The van der Waals surface area contributed by atoms with E-state index in [1.807, 2.05) is 24.3 Å². The molecule has 1 aliphatic rings. The van der Waals surface area contributed by atoms with E-state index < -0.39 is 0 Å². The van der Waals surface area contributed by atoms with E-state index in [0.29, 0.717) is 5.41 Å². The second-order valence-electron chi connectivity index (χ2n) is 5.82. The molecule has 104 valence electrons. The van der Waals surface area contributed by atoms with Gasteiger partial charge in [0.25, 0.3) is 5.91 Å². The summed E-state index contributed by atoms with van der Waals surface area (Å²) in [5.41, 5.74) is 2.00. The molecule has 0 heterocycles. The molecule has 0 radical (unpaired) electrons. The molecule has 1 saturated carbocycles. The average Bonchev–Trinajstić information content (AvgIpc) is 2.40. The van der Waals surface area contributed by atoms with Gasteiger partial charge in [-0.25, -0.2) is 0 Å². The number of hydrogen-bond acceptors (Lipinski definition) is 2. The molecule has 1 amide bonds. The van der Waals surface area contributed by atoms with Gasteiger partial charge in [0.05, 0.1) is 5.56 Å². The SMILES string of the molecule is CCCNc1ccccc1C(=O)NCC1(C)CCC1. The Balaban J connectivity index is 1.97. The highest BCUT2D eigenvalue weighted by atomic mass is 16.1. The first-order chi connectivity index (χ1) is 9.14. The van der Waals surface area contributed by atoms with Gasteiger partial charge in [0, 0.05) is 18.8 Å². The Morgan fingerprint density at radius 2 is 2.05 bits per heavy atom. The van der Waals surface area contributed by atoms with Crippen LogP contribution >= 0.6 is 0 Å². The van der Waals surface area contributed by atoms with Crippen molar-refractivity contribution in [2.45, 2.75) is 39.5 Å². The molecule has 3 heteroatoms. The van der Waals surface area contributed by atoms with Crippen LogP contribution in [0.4, 0.5) is 5.69 Å². The zero-order valence-electron chi connectivity index (χ0n) is 12.0. The molecule has 0 unspecified atom stereocenters. The van der Waals surface area contributed by atoms with E-state index in [2.05, 4.69) is 24.5 Å². The number of nitrogens with one attached hydrogen (secondary N) is 2. The van der Waals surface area contributed by atoms with E-state index in [0.717, 1.165) is 30.8 Å². The van der Waals surface area contributed by atoms with E-state index in [1.54, 1.807) is 0 Å². The second-order valence-corrected chi connectivity index (χ2v) is 5.82. The maximum absolute atomic E-state index is 12.3. The number of benzene rings is 1. The van der Waals surface area contributed by atoms with Crippen LogP contribution in [0.3, 0.4) is 0 Å². The highest BCUT2D eigenvalue weighted by molar-refractivity contribution is 5.99. The number of amides is 1. The quantitative estimate of drug-likeness (QED) is 0.822. The summed E-state index contributed by atoms with van der Waals surface area (Å²) in [6.07, 6.45) is 4.79. The summed E-state index contributed by atoms with van der Waals surface area (Å²) in [5.74, 6) is 0.0346. The fraction of sp³-hybridized carbons (Fsp3) is 0.562. The highest BCUT2D eigenvalue weighted by Crippen LogP contribution is 2.39. The van der Waals surface area contributed by atoms with Gasteiger partial charge in [-0.1, -0.05) is 32.4 Å². The standard InChI is InChI=1S/C16H24N2O/c1-3-11-17-14-8-5-4-7-13(14)15(19)18-12-16(2)9-6-10-16/h4-5,7-8,17H,3,6,9-12H2,1-2H3,(H,18,19). The Morgan fingerprint density at radius 3 is 2.68 bits per heavy atom. The fourth-order valence-corrected chi connectivity index (χ4v) is 2.44. The first-order valence-electron chi connectivity index (χ1n) is 7.26. The minimum Gasteiger partial charge on any atom is -0.384 e. The van der Waals surface area contributed by atoms with Crippen LogP contribution in [0, 0.1) is 5.41 Å². The number of carbonyl (C=O) groups is 1. The third-order valence-corrected chi connectivity index (χ3v) is 3.97. The van der Waals surface area contributed by atoms with Crippen LogP contribution in [0.15, 0.2) is 24.3 Å². The van der Waals surface area contributed by atoms with Crippen molar-refractivity contribution in [3.8, 4) is 0 Å². The van der Waals surface area contributed by atoms with E-state index in [1.165, 1.54) is 19.3 Å². The van der Waals surface area contributed by atoms with Crippen molar-refractivity contribution >= 4 is 11.6 Å². The van der Waals surface area contributed by atoms with Gasteiger partial charge in [0.2, 0.25) is 0 Å². The molecule has 1 aliphatic carbocycles. The zero-order valence-corrected chi connectivity index (χ0v) is 12.0. The molecule has 2 N–H and O–H groups in total. The van der Waals surface area contributed by atoms with E-state index in [-0.39, 0.29) is 5.91 Å². The third-order valence-electron chi connectivity index (χ3n) is 3.97. The van der Waals surface area contributed by atoms with Crippen molar-refractivity contribution in [2.75, 3.05) is 18.4 Å². The van der Waals surface area contributed by atoms with Crippen molar-refractivity contribution < 1.29 is 4.79 Å². The molecule has 3 nitrogen and oxygen atoms in total. The summed E-state index contributed by atoms with van der Waals surface area (Å²) in [6.45, 7) is 6.04. The Morgan fingerprint density at radius 1 is 1.32 bits per heavy atom. The molecule has 0 saturated heterocycles. The Hall–Kier alpha value is -1.51. The maximum Gasteiger partial charge on any atom is 0.253 e. The van der Waals surface area contributed by atoms with Gasteiger partial charge in [-0.15, -0.1) is 0 Å². The van der Waals surface area contributed by atoms with Crippen molar-refractivity contribution in [3.63, 3.8) is 0 Å². The van der Waals surface area contributed by atoms with Crippen LogP contribution in [-0.4, -0.2) is 19.0 Å². The van der Waals surface area contributed by atoms with Gasteiger partial charge in [-0.2, -0.15) is 0 Å². The number of rotatable bonds is 6. The third kappa shape index (κ3) is 3.49. The summed E-state index contributed by atoms with van der Waals surface area (Å²) in [5, 5.41) is 6.39. The first kappa shape index (κ1) is 13.9. The van der Waals surface area contributed by atoms with Crippen LogP contribution in [-0.2, 0) is 0 Å². The van der Waals surface area contributed by atoms with Crippen molar-refractivity contribution in [1.82, 2.24) is 5.32 Å².